The molecule has 3 aromatic rings. The molecular weight excluding hydrogens is 473 g/mol. The predicted molar refractivity (Wildman–Crippen MR) is 135 cm³/mol. The highest BCUT2D eigenvalue weighted by Crippen LogP contribution is 2.34. The van der Waals surface area contributed by atoms with Crippen LogP contribution in [0.15, 0.2) is 59.6 Å². The van der Waals surface area contributed by atoms with Crippen molar-refractivity contribution in [2.45, 2.75) is 30.3 Å². The van der Waals surface area contributed by atoms with E-state index in [0.717, 1.165) is 79.3 Å². The van der Waals surface area contributed by atoms with Crippen molar-refractivity contribution in [3.8, 4) is 0 Å². The van der Waals surface area contributed by atoms with E-state index in [1.165, 1.54) is 6.07 Å². The number of nitrogens with zero attached hydrogens (tertiary/aromatic N) is 2. The first-order valence-corrected chi connectivity index (χ1v) is 12.8. The largest absolute Gasteiger partial charge is 0.416 e. The van der Waals surface area contributed by atoms with Crippen LogP contribution in [0.3, 0.4) is 0 Å². The molecule has 2 heterocycles. The number of alkyl halides is 3. The summed E-state index contributed by atoms with van der Waals surface area (Å²) in [7, 11) is 0. The molecule has 0 radical (unpaired) electrons. The second-order valence-electron chi connectivity index (χ2n) is 8.49. The molecule has 35 heavy (non-hydrogen) atoms. The fourth-order valence-electron chi connectivity index (χ4n) is 4.06. The summed E-state index contributed by atoms with van der Waals surface area (Å²) in [4.78, 5) is 19.7. The number of carbonyl (C=O) groups excluding carboxylic acids is 1. The summed E-state index contributed by atoms with van der Waals surface area (Å²) in [5.74, 6) is 0.786. The Kier molecular flexibility index (Phi) is 8.51. The molecule has 9 heteroatoms. The molecule has 0 aliphatic carbocycles. The number of hydrogen-bond acceptors (Lipinski definition) is 5. The molecule has 0 spiro atoms. The smallest absolute Gasteiger partial charge is 0.369 e. The number of piperazine rings is 1. The molecule has 2 aromatic carbocycles. The van der Waals surface area contributed by atoms with E-state index in [4.69, 9.17) is 0 Å². The molecule has 1 amide bonds. The number of halogens is 3. The molecule has 0 saturated carbocycles. The Balaban J connectivity index is 1.16. The number of hydrogen-bond donors (Lipinski definition) is 2. The van der Waals surface area contributed by atoms with Gasteiger partial charge in [0.05, 0.1) is 11.1 Å². The lowest BCUT2D eigenvalue weighted by molar-refractivity contribution is -0.137. The SMILES string of the molecule is O=C(NCCCCCSc1ccnc2cc(C(F)(F)F)ccc12)c1ccc(N2CCNCC2)cc1. The van der Waals surface area contributed by atoms with Crippen LogP contribution in [0.4, 0.5) is 18.9 Å². The third-order valence-corrected chi connectivity index (χ3v) is 7.17. The standard InChI is InChI=1S/C26H29F3N4OS/c27-26(28,29)20-6-9-22-23(18-20)31-12-10-24(22)35-17-3-1-2-11-32-25(34)19-4-7-21(8-5-19)33-15-13-30-14-16-33/h4-10,12,18,30H,1-3,11,13-17H2,(H,32,34). The van der Waals surface area contributed by atoms with E-state index in [1.54, 1.807) is 18.0 Å². The summed E-state index contributed by atoms with van der Waals surface area (Å²) < 4.78 is 38.8. The van der Waals surface area contributed by atoms with Crippen LogP contribution in [0.25, 0.3) is 10.9 Å². The molecule has 2 N–H and O–H groups in total. The van der Waals surface area contributed by atoms with Crippen molar-refractivity contribution in [2.75, 3.05) is 43.4 Å². The monoisotopic (exact) mass is 502 g/mol. The molecule has 1 aromatic heterocycles. The highest BCUT2D eigenvalue weighted by molar-refractivity contribution is 7.99. The van der Waals surface area contributed by atoms with Crippen molar-refractivity contribution < 1.29 is 18.0 Å². The van der Waals surface area contributed by atoms with Crippen LogP contribution in [0.2, 0.25) is 0 Å². The van der Waals surface area contributed by atoms with Crippen molar-refractivity contribution >= 4 is 34.3 Å². The molecular formula is C26H29F3N4OS. The second kappa shape index (κ2) is 11.8. The summed E-state index contributed by atoms with van der Waals surface area (Å²) in [6, 6.07) is 13.3. The van der Waals surface area contributed by atoms with Gasteiger partial charge >= 0.3 is 6.18 Å². The summed E-state index contributed by atoms with van der Waals surface area (Å²) in [5, 5.41) is 7.05. The minimum atomic E-state index is -4.37. The lowest BCUT2D eigenvalue weighted by atomic mass is 10.1. The van der Waals surface area contributed by atoms with Crippen molar-refractivity contribution in [2.24, 2.45) is 0 Å². The number of nitrogens with one attached hydrogen (secondary N) is 2. The zero-order chi connectivity index (χ0) is 24.7. The number of benzene rings is 2. The van der Waals surface area contributed by atoms with Gasteiger partial charge in [-0.25, -0.2) is 0 Å². The van der Waals surface area contributed by atoms with Gasteiger partial charge in [-0.05, 0) is 61.1 Å². The van der Waals surface area contributed by atoms with Crippen LogP contribution in [0.5, 0.6) is 0 Å². The zero-order valence-electron chi connectivity index (χ0n) is 19.4. The van der Waals surface area contributed by atoms with Gasteiger partial charge in [0, 0.05) is 60.5 Å². The fourth-order valence-corrected chi connectivity index (χ4v) is 5.11. The Morgan fingerprint density at radius 1 is 1.03 bits per heavy atom. The number of anilines is 1. The van der Waals surface area contributed by atoms with Crippen molar-refractivity contribution in [1.82, 2.24) is 15.6 Å². The maximum atomic E-state index is 12.9. The summed E-state index contributed by atoms with van der Waals surface area (Å²) in [5.41, 5.74) is 1.48. The van der Waals surface area contributed by atoms with Crippen molar-refractivity contribution in [3.05, 3.63) is 65.9 Å². The van der Waals surface area contributed by atoms with Gasteiger partial charge in [-0.1, -0.05) is 12.5 Å². The van der Waals surface area contributed by atoms with E-state index in [2.05, 4.69) is 20.5 Å². The van der Waals surface area contributed by atoms with Crippen LogP contribution in [-0.4, -0.2) is 49.4 Å². The summed E-state index contributed by atoms with van der Waals surface area (Å²) in [6.07, 6.45) is -0.0441. The van der Waals surface area contributed by atoms with Gasteiger partial charge < -0.3 is 15.5 Å². The molecule has 0 bridgehead atoms. The highest BCUT2D eigenvalue weighted by Gasteiger charge is 2.30. The van der Waals surface area contributed by atoms with Crippen LogP contribution >= 0.6 is 11.8 Å². The second-order valence-corrected chi connectivity index (χ2v) is 9.62. The molecule has 1 fully saturated rings. The van der Waals surface area contributed by atoms with E-state index < -0.39 is 11.7 Å². The molecule has 186 valence electrons. The first-order valence-electron chi connectivity index (χ1n) is 11.8. The molecule has 1 saturated heterocycles. The third kappa shape index (κ3) is 6.89. The quantitative estimate of drug-likeness (QED) is 0.305. The number of aromatic nitrogens is 1. The summed E-state index contributed by atoms with van der Waals surface area (Å²) >= 11 is 1.62. The lowest BCUT2D eigenvalue weighted by Crippen LogP contribution is -2.43. The average Bonchev–Trinajstić information content (AvgIpc) is 2.88. The number of carbonyl (C=O) groups is 1. The van der Waals surface area contributed by atoms with E-state index in [-0.39, 0.29) is 5.91 Å². The number of fused-ring (bicyclic) bond motifs is 1. The third-order valence-electron chi connectivity index (χ3n) is 6.01. The fraction of sp³-hybridized carbons (Fsp3) is 0.385. The van der Waals surface area contributed by atoms with Crippen molar-refractivity contribution in [3.63, 3.8) is 0 Å². The van der Waals surface area contributed by atoms with E-state index in [1.807, 2.05) is 30.3 Å². The number of thioether (sulfide) groups is 1. The van der Waals surface area contributed by atoms with Crippen LogP contribution in [-0.2, 0) is 6.18 Å². The van der Waals surface area contributed by atoms with Crippen LogP contribution in [0.1, 0.15) is 35.2 Å². The number of unbranched alkanes of at least 4 members (excludes halogenated alkanes) is 2. The maximum Gasteiger partial charge on any atom is 0.416 e. The Morgan fingerprint density at radius 2 is 1.80 bits per heavy atom. The first kappa shape index (κ1) is 25.3. The van der Waals surface area contributed by atoms with Gasteiger partial charge in [0.1, 0.15) is 0 Å². The van der Waals surface area contributed by atoms with Crippen LogP contribution < -0.4 is 15.5 Å². The molecule has 0 atom stereocenters. The van der Waals surface area contributed by atoms with E-state index >= 15 is 0 Å². The molecule has 5 nitrogen and oxygen atoms in total. The van der Waals surface area contributed by atoms with Gasteiger partial charge in [-0.15, -0.1) is 11.8 Å². The Labute approximate surface area is 207 Å². The van der Waals surface area contributed by atoms with Gasteiger partial charge in [0.2, 0.25) is 0 Å². The Bertz CT molecular complexity index is 1130. The molecule has 1 aliphatic rings. The van der Waals surface area contributed by atoms with Gasteiger partial charge in [0.25, 0.3) is 5.91 Å². The average molecular weight is 503 g/mol. The molecule has 0 unspecified atom stereocenters. The Morgan fingerprint density at radius 3 is 2.54 bits per heavy atom. The van der Waals surface area contributed by atoms with Gasteiger partial charge in [0.15, 0.2) is 0 Å². The zero-order valence-corrected chi connectivity index (χ0v) is 20.2. The first-order chi connectivity index (χ1) is 16.9. The number of rotatable bonds is 9. The maximum absolute atomic E-state index is 12.9. The molecule has 4 rings (SSSR count). The molecule has 1 aliphatic heterocycles. The topological polar surface area (TPSA) is 57.3 Å². The highest BCUT2D eigenvalue weighted by atomic mass is 32.2. The minimum absolute atomic E-state index is 0.0623. The van der Waals surface area contributed by atoms with Crippen molar-refractivity contribution in [1.29, 1.82) is 0 Å². The number of amides is 1. The van der Waals surface area contributed by atoms with Crippen LogP contribution in [0, 0.1) is 0 Å². The van der Waals surface area contributed by atoms with E-state index in [0.29, 0.717) is 17.6 Å². The summed E-state index contributed by atoms with van der Waals surface area (Å²) in [6.45, 7) is 4.51. The lowest BCUT2D eigenvalue weighted by Gasteiger charge is -2.29. The predicted octanol–water partition coefficient (Wildman–Crippen LogP) is 5.36. The normalized spacial score (nSPS) is 14.3. The Hall–Kier alpha value is -2.78. The van der Waals surface area contributed by atoms with Gasteiger partial charge in [-0.3, -0.25) is 9.78 Å². The van der Waals surface area contributed by atoms with Gasteiger partial charge in [-0.2, -0.15) is 13.2 Å². The van der Waals surface area contributed by atoms with E-state index in [9.17, 15) is 18.0 Å². The minimum Gasteiger partial charge on any atom is -0.369 e. The number of pyridine rings is 1.